The van der Waals surface area contributed by atoms with Crippen molar-refractivity contribution in [3.05, 3.63) is 119 Å². The number of rotatable bonds is 8. The second kappa shape index (κ2) is 9.74. The van der Waals surface area contributed by atoms with Crippen molar-refractivity contribution in [2.45, 2.75) is 60.2 Å². The van der Waals surface area contributed by atoms with Crippen molar-refractivity contribution in [1.29, 1.82) is 0 Å². The zero-order valence-corrected chi connectivity index (χ0v) is 23.3. The molecule has 4 aromatic carbocycles. The standard InChI is InChI=1S/C34H36N4O4/c39-35-27-10-4-23(5-11-27)31-17-32(24-6-12-28(36-40)13-7-24)19-33(18-31,25-8-14-29(37-41)15-9-25)22-34(20-31,21-32)26-2-1-3-30(16-26)38-42/h1-16,35-42H,17-22H2. The van der Waals surface area contributed by atoms with Gasteiger partial charge in [-0.25, -0.2) is 0 Å². The molecule has 4 saturated carbocycles. The first-order valence-corrected chi connectivity index (χ1v) is 14.4. The van der Waals surface area contributed by atoms with Crippen molar-refractivity contribution in [3.8, 4) is 0 Å². The second-order valence-corrected chi connectivity index (χ2v) is 12.9. The van der Waals surface area contributed by atoms with Crippen LogP contribution in [0.2, 0.25) is 0 Å². The van der Waals surface area contributed by atoms with Crippen molar-refractivity contribution in [2.75, 3.05) is 21.9 Å². The molecule has 4 bridgehead atoms. The highest BCUT2D eigenvalue weighted by molar-refractivity contribution is 5.56. The Labute approximate surface area is 244 Å². The van der Waals surface area contributed by atoms with E-state index in [-0.39, 0.29) is 21.7 Å². The van der Waals surface area contributed by atoms with E-state index in [1.807, 2.05) is 48.5 Å². The Bertz CT molecular complexity index is 1430. The highest BCUT2D eigenvalue weighted by Gasteiger charge is 2.69. The van der Waals surface area contributed by atoms with E-state index < -0.39 is 0 Å². The van der Waals surface area contributed by atoms with Gasteiger partial charge in [-0.2, -0.15) is 0 Å². The summed E-state index contributed by atoms with van der Waals surface area (Å²) < 4.78 is 0. The van der Waals surface area contributed by atoms with Gasteiger partial charge in [-0.15, -0.1) is 0 Å². The number of hydrogen-bond donors (Lipinski definition) is 8. The van der Waals surface area contributed by atoms with Crippen LogP contribution in [0.1, 0.15) is 60.8 Å². The molecule has 0 aliphatic heterocycles. The van der Waals surface area contributed by atoms with Crippen LogP contribution in [-0.4, -0.2) is 20.8 Å². The monoisotopic (exact) mass is 564 g/mol. The van der Waals surface area contributed by atoms with Gasteiger partial charge in [-0.3, -0.25) is 42.7 Å². The molecule has 0 saturated heterocycles. The Morgan fingerprint density at radius 3 is 0.976 bits per heavy atom. The molecule has 0 amide bonds. The van der Waals surface area contributed by atoms with Crippen LogP contribution in [0.5, 0.6) is 0 Å². The maximum absolute atomic E-state index is 9.85. The quantitative estimate of drug-likeness (QED) is 0.105. The minimum atomic E-state index is -0.183. The Morgan fingerprint density at radius 1 is 0.357 bits per heavy atom. The average molecular weight is 565 g/mol. The van der Waals surface area contributed by atoms with Gasteiger partial charge in [0.2, 0.25) is 0 Å². The number of nitrogens with one attached hydrogen (secondary N) is 4. The lowest BCUT2D eigenvalue weighted by atomic mass is 9.32. The second-order valence-electron chi connectivity index (χ2n) is 12.9. The van der Waals surface area contributed by atoms with Gasteiger partial charge < -0.3 is 0 Å². The zero-order chi connectivity index (χ0) is 29.0. The largest absolute Gasteiger partial charge is 0.291 e. The molecular formula is C34H36N4O4. The van der Waals surface area contributed by atoms with Crippen molar-refractivity contribution in [1.82, 2.24) is 0 Å². The van der Waals surface area contributed by atoms with Crippen LogP contribution in [0.15, 0.2) is 97.1 Å². The number of benzene rings is 4. The molecule has 42 heavy (non-hydrogen) atoms. The molecule has 0 heterocycles. The predicted octanol–water partition coefficient (Wildman–Crippen LogP) is 7.32. The molecule has 4 aromatic rings. The first kappa shape index (κ1) is 26.8. The van der Waals surface area contributed by atoms with E-state index in [1.165, 1.54) is 22.3 Å². The smallest absolute Gasteiger partial charge is 0.0605 e. The third-order valence-corrected chi connectivity index (χ3v) is 10.5. The van der Waals surface area contributed by atoms with Gasteiger partial charge in [0.15, 0.2) is 0 Å². The van der Waals surface area contributed by atoms with Crippen molar-refractivity contribution >= 4 is 22.7 Å². The molecule has 8 nitrogen and oxygen atoms in total. The van der Waals surface area contributed by atoms with Gasteiger partial charge in [0, 0.05) is 0 Å². The number of anilines is 4. The van der Waals surface area contributed by atoms with E-state index in [9.17, 15) is 20.8 Å². The summed E-state index contributed by atoms with van der Waals surface area (Å²) in [6.45, 7) is 0. The maximum atomic E-state index is 9.85. The molecule has 8 heteroatoms. The van der Waals surface area contributed by atoms with Crippen LogP contribution in [0.25, 0.3) is 0 Å². The van der Waals surface area contributed by atoms with E-state index in [1.54, 1.807) is 0 Å². The van der Waals surface area contributed by atoms with Gasteiger partial charge in [-0.05, 0) is 131 Å². The molecule has 4 fully saturated rings. The minimum Gasteiger partial charge on any atom is -0.291 e. The van der Waals surface area contributed by atoms with Gasteiger partial charge >= 0.3 is 0 Å². The van der Waals surface area contributed by atoms with E-state index in [4.69, 9.17) is 0 Å². The molecule has 0 aromatic heterocycles. The molecule has 4 aliphatic carbocycles. The Morgan fingerprint density at radius 2 is 0.667 bits per heavy atom. The highest BCUT2D eigenvalue weighted by atomic mass is 16.5. The molecular weight excluding hydrogens is 528 g/mol. The fourth-order valence-corrected chi connectivity index (χ4v) is 9.47. The zero-order valence-electron chi connectivity index (χ0n) is 23.3. The van der Waals surface area contributed by atoms with E-state index in [2.05, 4.69) is 70.5 Å². The maximum Gasteiger partial charge on any atom is 0.0605 e. The van der Waals surface area contributed by atoms with E-state index in [0.717, 1.165) is 38.5 Å². The van der Waals surface area contributed by atoms with Crippen molar-refractivity contribution in [2.24, 2.45) is 0 Å². The summed E-state index contributed by atoms with van der Waals surface area (Å²) in [6, 6.07) is 32.8. The molecule has 8 N–H and O–H groups in total. The molecule has 0 unspecified atom stereocenters. The molecule has 8 rings (SSSR count). The fourth-order valence-electron chi connectivity index (χ4n) is 9.47. The number of hydrogen-bond acceptors (Lipinski definition) is 8. The summed E-state index contributed by atoms with van der Waals surface area (Å²) in [6.07, 6.45) is 5.85. The first-order chi connectivity index (χ1) is 20.4. The average Bonchev–Trinajstić information content (AvgIpc) is 3.04. The summed E-state index contributed by atoms with van der Waals surface area (Å²) in [5.41, 5.74) is 16.2. The lowest BCUT2D eigenvalue weighted by Gasteiger charge is -2.71. The van der Waals surface area contributed by atoms with Crippen LogP contribution in [0, 0.1) is 0 Å². The van der Waals surface area contributed by atoms with Crippen molar-refractivity contribution in [3.63, 3.8) is 0 Å². The van der Waals surface area contributed by atoms with Gasteiger partial charge in [0.25, 0.3) is 0 Å². The Kier molecular flexibility index (Phi) is 6.22. The SMILES string of the molecule is ONc1ccc(C23CC4(c5ccc(NO)cc5)CC(c5ccc(NO)cc5)(C2)CC(c2cccc(NO)c2)(C3)C4)cc1. The summed E-state index contributed by atoms with van der Waals surface area (Å²) in [5.74, 6) is 0. The third-order valence-electron chi connectivity index (χ3n) is 10.5. The summed E-state index contributed by atoms with van der Waals surface area (Å²) >= 11 is 0. The van der Waals surface area contributed by atoms with E-state index in [0.29, 0.717) is 22.7 Å². The molecule has 216 valence electrons. The van der Waals surface area contributed by atoms with Crippen LogP contribution in [0.3, 0.4) is 0 Å². The van der Waals surface area contributed by atoms with Gasteiger partial charge in [0.05, 0.1) is 22.7 Å². The predicted molar refractivity (Wildman–Crippen MR) is 162 cm³/mol. The Balaban J connectivity index is 1.49. The topological polar surface area (TPSA) is 129 Å². The molecule has 0 radical (unpaired) electrons. The van der Waals surface area contributed by atoms with Crippen LogP contribution in [0.4, 0.5) is 22.7 Å². The first-order valence-electron chi connectivity index (χ1n) is 14.4. The lowest BCUT2D eigenvalue weighted by molar-refractivity contribution is -0.0691. The summed E-state index contributed by atoms with van der Waals surface area (Å²) in [4.78, 5) is 0. The normalized spacial score (nSPS) is 29.2. The summed E-state index contributed by atoms with van der Waals surface area (Å²) in [7, 11) is 0. The summed E-state index contributed by atoms with van der Waals surface area (Å²) in [5, 5.41) is 38.5. The third kappa shape index (κ3) is 4.06. The van der Waals surface area contributed by atoms with Gasteiger partial charge in [-0.1, -0.05) is 48.5 Å². The van der Waals surface area contributed by atoms with Crippen LogP contribution in [-0.2, 0) is 21.7 Å². The minimum absolute atomic E-state index is 0.160. The molecule has 4 aliphatic rings. The molecule has 0 atom stereocenters. The molecule has 0 spiro atoms. The van der Waals surface area contributed by atoms with Gasteiger partial charge in [0.1, 0.15) is 0 Å². The van der Waals surface area contributed by atoms with Crippen LogP contribution < -0.4 is 21.9 Å². The van der Waals surface area contributed by atoms with Crippen LogP contribution >= 0.6 is 0 Å². The lowest BCUT2D eigenvalue weighted by Crippen LogP contribution is -2.67. The van der Waals surface area contributed by atoms with Crippen molar-refractivity contribution < 1.29 is 20.8 Å². The highest BCUT2D eigenvalue weighted by Crippen LogP contribution is 2.74. The Hall–Kier alpha value is -4.08. The fraction of sp³-hybridized carbons (Fsp3) is 0.294. The van der Waals surface area contributed by atoms with E-state index >= 15 is 0 Å².